The minimum Gasteiger partial charge on any atom is -0.463 e. The predicted octanol–water partition coefficient (Wildman–Crippen LogP) is 4.07. The number of ether oxygens (including phenoxy) is 1. The molecule has 0 saturated heterocycles. The molecule has 0 fully saturated rings. The summed E-state index contributed by atoms with van der Waals surface area (Å²) in [7, 11) is 0. The number of hydrogen-bond donors (Lipinski definition) is 0. The van der Waals surface area contributed by atoms with E-state index >= 15 is 0 Å². The molecule has 126 valence electrons. The van der Waals surface area contributed by atoms with Gasteiger partial charge in [0.2, 0.25) is 0 Å². The molecule has 0 unspecified atom stereocenters. The number of carbonyl (C=O) groups excluding carboxylic acids is 1. The number of hydrogen-bond acceptors (Lipinski definition) is 5. The molecule has 0 N–H and O–H groups in total. The van der Waals surface area contributed by atoms with Crippen LogP contribution in [0.4, 0.5) is 0 Å². The number of nitrogens with zero attached hydrogens (tertiary/aromatic N) is 1. The second-order valence-corrected chi connectivity index (χ2v) is 5.63. The highest BCUT2D eigenvalue weighted by atomic mass is 16.5. The summed E-state index contributed by atoms with van der Waals surface area (Å²) < 4.78 is 10.9. The topological polar surface area (TPSA) is 69.4 Å². The number of aromatic nitrogens is 1. The van der Waals surface area contributed by atoms with Gasteiger partial charge < -0.3 is 9.15 Å². The summed E-state index contributed by atoms with van der Waals surface area (Å²) in [5.41, 5.74) is 1.89. The van der Waals surface area contributed by atoms with Crippen LogP contribution in [-0.2, 0) is 0 Å². The zero-order valence-electron chi connectivity index (χ0n) is 13.6. The lowest BCUT2D eigenvalue weighted by Crippen LogP contribution is -2.09. The molecular formula is C21H13NO4. The molecule has 5 nitrogen and oxygen atoms in total. The second-order valence-electron chi connectivity index (χ2n) is 5.63. The SMILES string of the molecule is O=C(Oc1ccc2c(=O)c(-c3ccccc3)coc2c1)c1ccncc1. The van der Waals surface area contributed by atoms with E-state index < -0.39 is 5.97 Å². The standard InChI is InChI=1S/C21H13NO4/c23-20-17-7-6-16(26-21(24)15-8-10-22-11-9-15)12-19(17)25-13-18(20)14-4-2-1-3-5-14/h1-13H. The van der Waals surface area contributed by atoms with Gasteiger partial charge in [-0.05, 0) is 29.8 Å². The van der Waals surface area contributed by atoms with Crippen LogP contribution >= 0.6 is 0 Å². The Labute approximate surface area is 148 Å². The summed E-state index contributed by atoms with van der Waals surface area (Å²) in [6.07, 6.45) is 4.46. The average molecular weight is 343 g/mol. The quantitative estimate of drug-likeness (QED) is 0.414. The first-order valence-electron chi connectivity index (χ1n) is 7.95. The maximum atomic E-state index is 12.7. The fourth-order valence-corrected chi connectivity index (χ4v) is 2.64. The van der Waals surface area contributed by atoms with Crippen LogP contribution in [0, 0.1) is 0 Å². The third-order valence-corrected chi connectivity index (χ3v) is 3.96. The first-order chi connectivity index (χ1) is 12.7. The van der Waals surface area contributed by atoms with E-state index in [0.29, 0.717) is 27.8 Å². The van der Waals surface area contributed by atoms with Crippen LogP contribution in [0.5, 0.6) is 5.75 Å². The van der Waals surface area contributed by atoms with Crippen LogP contribution < -0.4 is 10.2 Å². The summed E-state index contributed by atoms with van der Waals surface area (Å²) in [5.74, 6) is -0.204. The van der Waals surface area contributed by atoms with E-state index in [1.165, 1.54) is 24.7 Å². The minimum atomic E-state index is -0.505. The molecule has 2 aromatic carbocycles. The Hall–Kier alpha value is -3.73. The number of benzene rings is 2. The van der Waals surface area contributed by atoms with Crippen molar-refractivity contribution in [3.8, 4) is 16.9 Å². The highest BCUT2D eigenvalue weighted by Gasteiger charge is 2.12. The number of pyridine rings is 1. The van der Waals surface area contributed by atoms with E-state index in [1.807, 2.05) is 30.3 Å². The summed E-state index contributed by atoms with van der Waals surface area (Å²) in [6, 6.07) is 17.1. The van der Waals surface area contributed by atoms with E-state index in [0.717, 1.165) is 5.56 Å². The van der Waals surface area contributed by atoms with Crippen molar-refractivity contribution in [2.45, 2.75) is 0 Å². The molecule has 5 heteroatoms. The Morgan fingerprint density at radius 2 is 1.73 bits per heavy atom. The van der Waals surface area contributed by atoms with Gasteiger partial charge in [0, 0.05) is 18.5 Å². The van der Waals surface area contributed by atoms with E-state index in [9.17, 15) is 9.59 Å². The van der Waals surface area contributed by atoms with Gasteiger partial charge in [-0.3, -0.25) is 9.78 Å². The number of esters is 1. The normalized spacial score (nSPS) is 10.6. The maximum absolute atomic E-state index is 12.7. The van der Waals surface area contributed by atoms with Gasteiger partial charge in [-0.25, -0.2) is 4.79 Å². The average Bonchev–Trinajstić information content (AvgIpc) is 2.69. The van der Waals surface area contributed by atoms with E-state index in [4.69, 9.17) is 9.15 Å². The van der Waals surface area contributed by atoms with Gasteiger partial charge >= 0.3 is 5.97 Å². The Morgan fingerprint density at radius 3 is 2.50 bits per heavy atom. The maximum Gasteiger partial charge on any atom is 0.343 e. The third kappa shape index (κ3) is 2.98. The van der Waals surface area contributed by atoms with Gasteiger partial charge in [0.05, 0.1) is 16.5 Å². The molecule has 0 spiro atoms. The smallest absolute Gasteiger partial charge is 0.343 e. The van der Waals surface area contributed by atoms with Gasteiger partial charge in [0.25, 0.3) is 0 Å². The van der Waals surface area contributed by atoms with Crippen molar-refractivity contribution in [1.29, 1.82) is 0 Å². The van der Waals surface area contributed by atoms with Gasteiger partial charge in [-0.1, -0.05) is 30.3 Å². The first kappa shape index (κ1) is 15.8. The van der Waals surface area contributed by atoms with Crippen molar-refractivity contribution in [3.05, 3.63) is 95.1 Å². The molecule has 0 aliphatic heterocycles. The zero-order valence-corrected chi connectivity index (χ0v) is 13.6. The van der Waals surface area contributed by atoms with Crippen LogP contribution in [0.15, 0.2) is 88.5 Å². The third-order valence-electron chi connectivity index (χ3n) is 3.96. The molecule has 26 heavy (non-hydrogen) atoms. The Balaban J connectivity index is 1.69. The number of carbonyl (C=O) groups is 1. The van der Waals surface area contributed by atoms with Gasteiger partial charge in [0.15, 0.2) is 5.43 Å². The lowest BCUT2D eigenvalue weighted by atomic mass is 10.1. The highest BCUT2D eigenvalue weighted by Crippen LogP contribution is 2.23. The summed E-state index contributed by atoms with van der Waals surface area (Å²) in [4.78, 5) is 28.7. The first-order valence-corrected chi connectivity index (χ1v) is 7.95. The summed E-state index contributed by atoms with van der Waals surface area (Å²) in [5, 5.41) is 0.426. The lowest BCUT2D eigenvalue weighted by molar-refractivity contribution is 0.0735. The minimum absolute atomic E-state index is 0.135. The van der Waals surface area contributed by atoms with E-state index in [-0.39, 0.29) is 5.43 Å². The summed E-state index contributed by atoms with van der Waals surface area (Å²) >= 11 is 0. The molecule has 0 atom stereocenters. The Kier molecular flexibility index (Phi) is 4.03. The molecule has 0 amide bonds. The molecule has 2 aromatic heterocycles. The fourth-order valence-electron chi connectivity index (χ4n) is 2.64. The van der Waals surface area contributed by atoms with Gasteiger partial charge in [-0.2, -0.15) is 0 Å². The molecular weight excluding hydrogens is 330 g/mol. The largest absolute Gasteiger partial charge is 0.463 e. The Bertz CT molecular complexity index is 1130. The van der Waals surface area contributed by atoms with Gasteiger partial charge in [-0.15, -0.1) is 0 Å². The number of rotatable bonds is 3. The molecule has 2 heterocycles. The van der Waals surface area contributed by atoms with Crippen molar-refractivity contribution in [2.24, 2.45) is 0 Å². The molecule has 4 rings (SSSR count). The molecule has 0 radical (unpaired) electrons. The number of fused-ring (bicyclic) bond motifs is 1. The van der Waals surface area contributed by atoms with Crippen molar-refractivity contribution in [3.63, 3.8) is 0 Å². The zero-order chi connectivity index (χ0) is 17.9. The van der Waals surface area contributed by atoms with Crippen LogP contribution in [0.25, 0.3) is 22.1 Å². The summed E-state index contributed by atoms with van der Waals surface area (Å²) in [6.45, 7) is 0. The van der Waals surface area contributed by atoms with Crippen molar-refractivity contribution >= 4 is 16.9 Å². The fraction of sp³-hybridized carbons (Fsp3) is 0. The van der Waals surface area contributed by atoms with Crippen LogP contribution in [-0.4, -0.2) is 11.0 Å². The van der Waals surface area contributed by atoms with Crippen molar-refractivity contribution in [1.82, 2.24) is 4.98 Å². The monoisotopic (exact) mass is 343 g/mol. The van der Waals surface area contributed by atoms with Crippen molar-refractivity contribution < 1.29 is 13.9 Å². The highest BCUT2D eigenvalue weighted by molar-refractivity contribution is 5.91. The van der Waals surface area contributed by atoms with E-state index in [2.05, 4.69) is 4.98 Å². The van der Waals surface area contributed by atoms with Crippen LogP contribution in [0.3, 0.4) is 0 Å². The van der Waals surface area contributed by atoms with Gasteiger partial charge in [0.1, 0.15) is 17.6 Å². The second kappa shape index (κ2) is 6.64. The van der Waals surface area contributed by atoms with E-state index in [1.54, 1.807) is 24.3 Å². The molecule has 0 aliphatic carbocycles. The molecule has 4 aromatic rings. The predicted molar refractivity (Wildman–Crippen MR) is 97.1 cm³/mol. The molecule has 0 bridgehead atoms. The Morgan fingerprint density at radius 1 is 0.962 bits per heavy atom. The van der Waals surface area contributed by atoms with Crippen molar-refractivity contribution in [2.75, 3.05) is 0 Å². The lowest BCUT2D eigenvalue weighted by Gasteiger charge is -2.06. The van der Waals surface area contributed by atoms with Crippen LogP contribution in [0.1, 0.15) is 10.4 Å². The molecule has 0 aliphatic rings. The molecule has 0 saturated carbocycles. The van der Waals surface area contributed by atoms with Crippen LogP contribution in [0.2, 0.25) is 0 Å².